The van der Waals surface area contributed by atoms with Crippen LogP contribution < -0.4 is 5.32 Å². The molecule has 1 atom stereocenters. The van der Waals surface area contributed by atoms with Crippen molar-refractivity contribution in [2.24, 2.45) is 0 Å². The van der Waals surface area contributed by atoms with Gasteiger partial charge >= 0.3 is 0 Å². The number of nitrogens with one attached hydrogen (secondary N) is 1. The van der Waals surface area contributed by atoms with Crippen LogP contribution in [0.5, 0.6) is 0 Å². The van der Waals surface area contributed by atoms with Crippen molar-refractivity contribution in [3.63, 3.8) is 0 Å². The van der Waals surface area contributed by atoms with Crippen LogP contribution in [-0.4, -0.2) is 6.54 Å². The molecule has 0 aliphatic heterocycles. The van der Waals surface area contributed by atoms with Crippen LogP contribution in [0.3, 0.4) is 0 Å². The molecule has 98 valence electrons. The molecule has 0 fully saturated rings. The van der Waals surface area contributed by atoms with Crippen LogP contribution in [0, 0.1) is 13.8 Å². The number of aryl methyl sites for hydroxylation is 2. The molecule has 2 aromatic heterocycles. The maximum Gasteiger partial charge on any atom is 0.126 e. The minimum absolute atomic E-state index is 0.145. The molecule has 0 saturated carbocycles. The van der Waals surface area contributed by atoms with Gasteiger partial charge in [0, 0.05) is 9.35 Å². The smallest absolute Gasteiger partial charge is 0.126 e. The zero-order valence-corrected chi connectivity index (χ0v) is 13.3. The molecule has 0 aliphatic rings. The first-order valence-electron chi connectivity index (χ1n) is 6.16. The fourth-order valence-corrected chi connectivity index (χ4v) is 3.55. The molecular weight excluding hydrogens is 310 g/mol. The summed E-state index contributed by atoms with van der Waals surface area (Å²) in [5.74, 6) is 2.00. The Morgan fingerprint density at radius 1 is 1.44 bits per heavy atom. The van der Waals surface area contributed by atoms with Gasteiger partial charge in [-0.1, -0.05) is 6.92 Å². The molecule has 0 spiro atoms. The lowest BCUT2D eigenvalue weighted by atomic mass is 10.1. The molecule has 2 nitrogen and oxygen atoms in total. The molecule has 1 unspecified atom stereocenters. The van der Waals surface area contributed by atoms with Crippen LogP contribution in [-0.2, 0) is 0 Å². The summed E-state index contributed by atoms with van der Waals surface area (Å²) in [6, 6.07) is 4.37. The first-order valence-corrected chi connectivity index (χ1v) is 7.84. The zero-order valence-electron chi connectivity index (χ0n) is 10.9. The van der Waals surface area contributed by atoms with E-state index < -0.39 is 0 Å². The molecule has 1 N–H and O–H groups in total. The number of thiophene rings is 1. The Morgan fingerprint density at radius 3 is 2.72 bits per heavy atom. The minimum atomic E-state index is 0.145. The Labute approximate surface area is 121 Å². The highest BCUT2D eigenvalue weighted by atomic mass is 79.9. The van der Waals surface area contributed by atoms with Crippen molar-refractivity contribution < 1.29 is 4.42 Å². The van der Waals surface area contributed by atoms with Crippen LogP contribution in [0.1, 0.15) is 41.3 Å². The minimum Gasteiger partial charge on any atom is -0.464 e. The second kappa shape index (κ2) is 6.04. The third kappa shape index (κ3) is 2.87. The van der Waals surface area contributed by atoms with E-state index in [0.717, 1.165) is 29.0 Å². The van der Waals surface area contributed by atoms with E-state index >= 15 is 0 Å². The molecule has 0 bridgehead atoms. The van der Waals surface area contributed by atoms with Crippen molar-refractivity contribution in [2.75, 3.05) is 6.54 Å². The summed E-state index contributed by atoms with van der Waals surface area (Å²) in [5, 5.41) is 5.66. The maximum atomic E-state index is 5.88. The molecule has 0 aromatic carbocycles. The van der Waals surface area contributed by atoms with Gasteiger partial charge in [-0.15, -0.1) is 11.3 Å². The normalized spacial score (nSPS) is 12.9. The fourth-order valence-electron chi connectivity index (χ4n) is 1.87. The van der Waals surface area contributed by atoms with E-state index in [-0.39, 0.29) is 6.04 Å². The van der Waals surface area contributed by atoms with Gasteiger partial charge in [0.05, 0.1) is 0 Å². The van der Waals surface area contributed by atoms with Gasteiger partial charge in [0.15, 0.2) is 0 Å². The van der Waals surface area contributed by atoms with E-state index in [0.29, 0.717) is 0 Å². The fraction of sp³-hybridized carbons (Fsp3) is 0.429. The SMILES string of the molecule is CCCNC(c1cc(C)c(C)o1)c1sccc1Br. The van der Waals surface area contributed by atoms with Crippen molar-refractivity contribution in [3.05, 3.63) is 43.9 Å². The van der Waals surface area contributed by atoms with Gasteiger partial charge in [0.25, 0.3) is 0 Å². The monoisotopic (exact) mass is 327 g/mol. The van der Waals surface area contributed by atoms with Gasteiger partial charge in [-0.05, 0) is 65.8 Å². The van der Waals surface area contributed by atoms with E-state index in [1.165, 1.54) is 10.4 Å². The Hall–Kier alpha value is -0.580. The standard InChI is InChI=1S/C14H18BrNOS/c1-4-6-16-13(14-11(15)5-7-18-14)12-8-9(2)10(3)17-12/h5,7-8,13,16H,4,6H2,1-3H3. The summed E-state index contributed by atoms with van der Waals surface area (Å²) in [4.78, 5) is 1.28. The van der Waals surface area contributed by atoms with Crippen LogP contribution >= 0.6 is 27.3 Å². The van der Waals surface area contributed by atoms with E-state index in [4.69, 9.17) is 4.42 Å². The number of halogens is 1. The Balaban J connectivity index is 2.33. The van der Waals surface area contributed by atoms with Crippen molar-refractivity contribution >= 4 is 27.3 Å². The summed E-state index contributed by atoms with van der Waals surface area (Å²) in [7, 11) is 0. The molecule has 2 rings (SSSR count). The Kier molecular flexibility index (Phi) is 4.65. The molecule has 0 saturated heterocycles. The van der Waals surface area contributed by atoms with Crippen LogP contribution in [0.4, 0.5) is 0 Å². The maximum absolute atomic E-state index is 5.88. The lowest BCUT2D eigenvalue weighted by molar-refractivity contribution is 0.432. The number of furan rings is 1. The Bertz CT molecular complexity index is 498. The molecule has 2 heterocycles. The summed E-state index contributed by atoms with van der Waals surface area (Å²) in [6.07, 6.45) is 1.11. The molecule has 0 radical (unpaired) electrons. The Morgan fingerprint density at radius 2 is 2.22 bits per heavy atom. The zero-order chi connectivity index (χ0) is 13.1. The number of rotatable bonds is 5. The predicted octanol–water partition coefficient (Wildman–Crippen LogP) is 4.81. The first-order chi connectivity index (χ1) is 8.63. The van der Waals surface area contributed by atoms with E-state index in [1.807, 2.05) is 6.92 Å². The molecule has 2 aromatic rings. The highest BCUT2D eigenvalue weighted by molar-refractivity contribution is 9.10. The first kappa shape index (κ1) is 13.8. The van der Waals surface area contributed by atoms with E-state index in [9.17, 15) is 0 Å². The highest BCUT2D eigenvalue weighted by Crippen LogP contribution is 2.34. The summed E-state index contributed by atoms with van der Waals surface area (Å²) in [5.41, 5.74) is 1.21. The van der Waals surface area contributed by atoms with Gasteiger partial charge in [-0.2, -0.15) is 0 Å². The van der Waals surface area contributed by atoms with Crippen molar-refractivity contribution in [1.29, 1.82) is 0 Å². The average Bonchev–Trinajstić information content (AvgIpc) is 2.88. The van der Waals surface area contributed by atoms with Gasteiger partial charge in [-0.25, -0.2) is 0 Å². The van der Waals surface area contributed by atoms with E-state index in [1.54, 1.807) is 11.3 Å². The molecule has 0 amide bonds. The van der Waals surface area contributed by atoms with Crippen molar-refractivity contribution in [3.8, 4) is 0 Å². The second-order valence-corrected chi connectivity index (χ2v) is 6.21. The van der Waals surface area contributed by atoms with Gasteiger partial charge in [-0.3, -0.25) is 0 Å². The van der Waals surface area contributed by atoms with Crippen LogP contribution in [0.2, 0.25) is 0 Å². The summed E-state index contributed by atoms with van der Waals surface area (Å²) in [6.45, 7) is 7.25. The molecule has 4 heteroatoms. The van der Waals surface area contributed by atoms with E-state index in [2.05, 4.69) is 52.6 Å². The third-order valence-corrected chi connectivity index (χ3v) is 4.91. The lowest BCUT2D eigenvalue weighted by Gasteiger charge is -2.15. The topological polar surface area (TPSA) is 25.2 Å². The number of hydrogen-bond donors (Lipinski definition) is 1. The van der Waals surface area contributed by atoms with Crippen LogP contribution in [0.15, 0.2) is 26.4 Å². The largest absolute Gasteiger partial charge is 0.464 e. The third-order valence-electron chi connectivity index (χ3n) is 2.97. The summed E-state index contributed by atoms with van der Waals surface area (Å²) < 4.78 is 7.02. The van der Waals surface area contributed by atoms with Gasteiger partial charge < -0.3 is 9.73 Å². The average molecular weight is 328 g/mol. The van der Waals surface area contributed by atoms with Gasteiger partial charge in [0.2, 0.25) is 0 Å². The van der Waals surface area contributed by atoms with Crippen LogP contribution in [0.25, 0.3) is 0 Å². The molecule has 18 heavy (non-hydrogen) atoms. The quantitative estimate of drug-likeness (QED) is 0.852. The van der Waals surface area contributed by atoms with Crippen molar-refractivity contribution in [1.82, 2.24) is 5.32 Å². The predicted molar refractivity (Wildman–Crippen MR) is 80.3 cm³/mol. The summed E-state index contributed by atoms with van der Waals surface area (Å²) >= 11 is 5.36. The van der Waals surface area contributed by atoms with Gasteiger partial charge in [0.1, 0.15) is 17.6 Å². The lowest BCUT2D eigenvalue weighted by Crippen LogP contribution is -2.22. The number of hydrogen-bond acceptors (Lipinski definition) is 3. The highest BCUT2D eigenvalue weighted by Gasteiger charge is 2.21. The second-order valence-electron chi connectivity index (χ2n) is 4.41. The molecule has 0 aliphatic carbocycles. The molecular formula is C14H18BrNOS. The van der Waals surface area contributed by atoms with Crippen molar-refractivity contribution in [2.45, 2.75) is 33.2 Å².